The Balaban J connectivity index is 1.89. The number of hydrogen-bond acceptors (Lipinski definition) is 5. The first kappa shape index (κ1) is 17.2. The fourth-order valence-corrected chi connectivity index (χ4v) is 2.49. The van der Waals surface area contributed by atoms with Crippen molar-refractivity contribution in [2.24, 2.45) is 18.0 Å². The van der Waals surface area contributed by atoms with Gasteiger partial charge in [0, 0.05) is 27.2 Å². The molecule has 0 aromatic carbocycles. The van der Waals surface area contributed by atoms with Crippen molar-refractivity contribution in [3.05, 3.63) is 12.2 Å². The van der Waals surface area contributed by atoms with Gasteiger partial charge in [-0.1, -0.05) is 0 Å². The monoisotopic (exact) mass is 322 g/mol. The highest BCUT2D eigenvalue weighted by Gasteiger charge is 2.33. The SMILES string of the molecule is CN=C(NCc1nncn1C)N1CCC(C(=O)OC(C)(C)C)C1. The summed E-state index contributed by atoms with van der Waals surface area (Å²) in [6.07, 6.45) is 2.44. The molecule has 23 heavy (non-hydrogen) atoms. The van der Waals surface area contributed by atoms with Crippen LogP contribution in [0, 0.1) is 5.92 Å². The van der Waals surface area contributed by atoms with Crippen molar-refractivity contribution in [3.8, 4) is 0 Å². The topological polar surface area (TPSA) is 84.6 Å². The third kappa shape index (κ3) is 4.67. The highest BCUT2D eigenvalue weighted by atomic mass is 16.6. The third-order valence-electron chi connectivity index (χ3n) is 3.65. The van der Waals surface area contributed by atoms with Crippen LogP contribution >= 0.6 is 0 Å². The average Bonchev–Trinajstić information content (AvgIpc) is 3.08. The van der Waals surface area contributed by atoms with E-state index in [2.05, 4.69) is 25.4 Å². The van der Waals surface area contributed by atoms with Crippen LogP contribution in [0.2, 0.25) is 0 Å². The molecular weight excluding hydrogens is 296 g/mol. The number of carbonyl (C=O) groups is 1. The molecule has 1 aliphatic heterocycles. The predicted molar refractivity (Wildman–Crippen MR) is 86.7 cm³/mol. The number of nitrogens with zero attached hydrogens (tertiary/aromatic N) is 5. The molecule has 8 nitrogen and oxygen atoms in total. The zero-order valence-corrected chi connectivity index (χ0v) is 14.5. The molecule has 8 heteroatoms. The molecule has 1 atom stereocenters. The Morgan fingerprint density at radius 2 is 2.26 bits per heavy atom. The van der Waals surface area contributed by atoms with Crippen LogP contribution in [0.25, 0.3) is 0 Å². The van der Waals surface area contributed by atoms with Crippen molar-refractivity contribution in [2.45, 2.75) is 39.3 Å². The molecule has 0 saturated carbocycles. The van der Waals surface area contributed by atoms with E-state index in [9.17, 15) is 4.79 Å². The van der Waals surface area contributed by atoms with E-state index in [4.69, 9.17) is 4.74 Å². The number of likely N-dealkylation sites (tertiary alicyclic amines) is 1. The Labute approximate surface area is 136 Å². The minimum Gasteiger partial charge on any atom is -0.460 e. The molecule has 1 aromatic heterocycles. The highest BCUT2D eigenvalue weighted by Crippen LogP contribution is 2.20. The molecule has 1 unspecified atom stereocenters. The summed E-state index contributed by atoms with van der Waals surface area (Å²) in [7, 11) is 3.63. The van der Waals surface area contributed by atoms with E-state index in [-0.39, 0.29) is 11.9 Å². The van der Waals surface area contributed by atoms with Crippen molar-refractivity contribution in [3.63, 3.8) is 0 Å². The standard InChI is InChI=1S/C15H26N6O2/c1-15(2,3)23-13(22)11-6-7-21(9-11)14(16-4)17-8-12-19-18-10-20(12)5/h10-11H,6-9H2,1-5H3,(H,16,17). The number of carbonyl (C=O) groups excluding carboxylic acids is 1. The normalized spacial score (nSPS) is 19.1. The second-order valence-corrected chi connectivity index (χ2v) is 6.72. The van der Waals surface area contributed by atoms with E-state index in [1.54, 1.807) is 13.4 Å². The van der Waals surface area contributed by atoms with Crippen LogP contribution in [0.5, 0.6) is 0 Å². The first-order valence-electron chi connectivity index (χ1n) is 7.81. The number of esters is 1. The molecule has 1 saturated heterocycles. The molecule has 2 heterocycles. The molecule has 0 aliphatic carbocycles. The summed E-state index contributed by atoms with van der Waals surface area (Å²) in [6, 6.07) is 0. The Morgan fingerprint density at radius 3 is 2.83 bits per heavy atom. The van der Waals surface area contributed by atoms with Crippen molar-refractivity contribution < 1.29 is 9.53 Å². The second kappa shape index (κ2) is 6.97. The van der Waals surface area contributed by atoms with Gasteiger partial charge in [-0.3, -0.25) is 9.79 Å². The number of nitrogens with one attached hydrogen (secondary N) is 1. The Kier molecular flexibility index (Phi) is 5.23. The molecule has 2 rings (SSSR count). The van der Waals surface area contributed by atoms with E-state index in [1.807, 2.05) is 32.4 Å². The number of rotatable bonds is 3. The minimum absolute atomic E-state index is 0.109. The lowest BCUT2D eigenvalue weighted by Gasteiger charge is -2.23. The molecule has 1 fully saturated rings. The van der Waals surface area contributed by atoms with E-state index in [1.165, 1.54) is 0 Å². The van der Waals surface area contributed by atoms with Gasteiger partial charge >= 0.3 is 5.97 Å². The van der Waals surface area contributed by atoms with E-state index in [0.717, 1.165) is 24.7 Å². The summed E-state index contributed by atoms with van der Waals surface area (Å²) in [5.41, 5.74) is -0.449. The number of hydrogen-bond donors (Lipinski definition) is 1. The summed E-state index contributed by atoms with van der Waals surface area (Å²) in [5.74, 6) is 1.35. The molecule has 1 aliphatic rings. The Hall–Kier alpha value is -2.12. The summed E-state index contributed by atoms with van der Waals surface area (Å²) in [5, 5.41) is 11.1. The van der Waals surface area contributed by atoms with Crippen LogP contribution in [-0.4, -0.2) is 57.3 Å². The summed E-state index contributed by atoms with van der Waals surface area (Å²) in [4.78, 5) is 18.5. The van der Waals surface area contributed by atoms with Crippen LogP contribution < -0.4 is 5.32 Å². The second-order valence-electron chi connectivity index (χ2n) is 6.72. The van der Waals surface area contributed by atoms with Gasteiger partial charge in [-0.05, 0) is 27.2 Å². The molecule has 1 aromatic rings. The van der Waals surface area contributed by atoms with Crippen LogP contribution in [0.1, 0.15) is 33.0 Å². The van der Waals surface area contributed by atoms with Gasteiger partial charge in [-0.2, -0.15) is 0 Å². The lowest BCUT2D eigenvalue weighted by atomic mass is 10.1. The maximum atomic E-state index is 12.2. The van der Waals surface area contributed by atoms with Gasteiger partial charge in [-0.25, -0.2) is 0 Å². The Morgan fingerprint density at radius 1 is 1.52 bits per heavy atom. The summed E-state index contributed by atoms with van der Waals surface area (Å²) >= 11 is 0. The first-order valence-corrected chi connectivity index (χ1v) is 7.81. The van der Waals surface area contributed by atoms with Crippen LogP contribution in [0.4, 0.5) is 0 Å². The number of ether oxygens (including phenoxy) is 1. The van der Waals surface area contributed by atoms with Crippen LogP contribution in [0.15, 0.2) is 11.3 Å². The van der Waals surface area contributed by atoms with E-state index >= 15 is 0 Å². The lowest BCUT2D eigenvalue weighted by Crippen LogP contribution is -2.40. The molecule has 0 radical (unpaired) electrons. The van der Waals surface area contributed by atoms with Gasteiger partial charge in [0.05, 0.1) is 12.5 Å². The largest absolute Gasteiger partial charge is 0.460 e. The lowest BCUT2D eigenvalue weighted by molar-refractivity contribution is -0.159. The molecule has 128 valence electrons. The molecular formula is C15H26N6O2. The van der Waals surface area contributed by atoms with Gasteiger partial charge < -0.3 is 19.5 Å². The first-order chi connectivity index (χ1) is 10.8. The smallest absolute Gasteiger partial charge is 0.311 e. The maximum absolute atomic E-state index is 12.2. The quantitative estimate of drug-likeness (QED) is 0.497. The third-order valence-corrected chi connectivity index (χ3v) is 3.65. The maximum Gasteiger partial charge on any atom is 0.311 e. The number of aromatic nitrogens is 3. The van der Waals surface area contributed by atoms with Crippen molar-refractivity contribution >= 4 is 11.9 Å². The molecule has 1 N–H and O–H groups in total. The molecule has 0 spiro atoms. The van der Waals surface area contributed by atoms with Crippen LogP contribution in [-0.2, 0) is 23.1 Å². The summed E-state index contributed by atoms with van der Waals surface area (Å²) < 4.78 is 7.33. The highest BCUT2D eigenvalue weighted by molar-refractivity contribution is 5.82. The fraction of sp³-hybridized carbons (Fsp3) is 0.733. The summed E-state index contributed by atoms with van der Waals surface area (Å²) in [6.45, 7) is 7.60. The zero-order chi connectivity index (χ0) is 17.0. The number of aliphatic imine (C=N–C) groups is 1. The minimum atomic E-state index is -0.449. The van der Waals surface area contributed by atoms with Gasteiger partial charge in [0.1, 0.15) is 11.9 Å². The zero-order valence-electron chi connectivity index (χ0n) is 14.5. The predicted octanol–water partition coefficient (Wildman–Crippen LogP) is 0.554. The molecule has 0 amide bonds. The average molecular weight is 322 g/mol. The van der Waals surface area contributed by atoms with Crippen molar-refractivity contribution in [2.75, 3.05) is 20.1 Å². The van der Waals surface area contributed by atoms with Crippen LogP contribution in [0.3, 0.4) is 0 Å². The van der Waals surface area contributed by atoms with E-state index in [0.29, 0.717) is 13.1 Å². The molecule has 0 bridgehead atoms. The fourth-order valence-electron chi connectivity index (χ4n) is 2.49. The number of guanidine groups is 1. The van der Waals surface area contributed by atoms with Gasteiger partial charge in [0.2, 0.25) is 0 Å². The van der Waals surface area contributed by atoms with Crippen molar-refractivity contribution in [1.82, 2.24) is 25.0 Å². The van der Waals surface area contributed by atoms with Gasteiger partial charge in [0.15, 0.2) is 11.8 Å². The van der Waals surface area contributed by atoms with Gasteiger partial charge in [-0.15, -0.1) is 10.2 Å². The van der Waals surface area contributed by atoms with E-state index < -0.39 is 5.60 Å². The number of aryl methyl sites for hydroxylation is 1. The Bertz CT molecular complexity index is 575. The van der Waals surface area contributed by atoms with Gasteiger partial charge in [0.25, 0.3) is 0 Å². The van der Waals surface area contributed by atoms with Crippen molar-refractivity contribution in [1.29, 1.82) is 0 Å².